The van der Waals surface area contributed by atoms with Gasteiger partial charge in [-0.2, -0.15) is 4.31 Å². The number of carbonyl (C=O) groups excluding carboxylic acids is 2. The predicted molar refractivity (Wildman–Crippen MR) is 87.7 cm³/mol. The summed E-state index contributed by atoms with van der Waals surface area (Å²) < 4.78 is 32.0. The molecule has 0 aromatic heterocycles. The van der Waals surface area contributed by atoms with Crippen molar-refractivity contribution in [1.29, 1.82) is 0 Å². The van der Waals surface area contributed by atoms with Crippen LogP contribution in [-0.2, 0) is 24.3 Å². The van der Waals surface area contributed by atoms with E-state index >= 15 is 0 Å². The molecule has 2 rings (SSSR count). The minimum Gasteiger partial charge on any atom is -0.466 e. The summed E-state index contributed by atoms with van der Waals surface area (Å²) in [5.41, 5.74) is 0.949. The molecule has 0 saturated carbocycles. The Morgan fingerprint density at radius 3 is 2.62 bits per heavy atom. The van der Waals surface area contributed by atoms with Gasteiger partial charge in [0.2, 0.25) is 15.9 Å². The zero-order valence-corrected chi connectivity index (χ0v) is 14.6. The van der Waals surface area contributed by atoms with E-state index in [1.54, 1.807) is 19.1 Å². The van der Waals surface area contributed by atoms with Crippen LogP contribution in [0.3, 0.4) is 0 Å². The summed E-state index contributed by atoms with van der Waals surface area (Å²) in [4.78, 5) is 23.8. The number of hydrogen-bond donors (Lipinski definition) is 1. The first-order valence-corrected chi connectivity index (χ1v) is 9.29. The highest BCUT2D eigenvalue weighted by Crippen LogP contribution is 2.23. The normalized spacial score (nSPS) is 19.4. The molecule has 132 valence electrons. The number of carbonyl (C=O) groups is 2. The third kappa shape index (κ3) is 4.33. The lowest BCUT2D eigenvalue weighted by Gasteiger charge is -2.27. The van der Waals surface area contributed by atoms with Crippen molar-refractivity contribution in [3.05, 3.63) is 29.8 Å². The molecule has 1 aliphatic rings. The Morgan fingerprint density at radius 2 is 2.00 bits per heavy atom. The number of amides is 1. The predicted octanol–water partition coefficient (Wildman–Crippen LogP) is 0.827. The molecule has 1 atom stereocenters. The van der Waals surface area contributed by atoms with Crippen molar-refractivity contribution < 1.29 is 22.7 Å². The SMILES string of the molecule is CCOC(=O)CC1CC(=O)NCCN1S(=O)(=O)c1ccc(C)cc1. The Morgan fingerprint density at radius 1 is 1.33 bits per heavy atom. The molecule has 1 aliphatic heterocycles. The van der Waals surface area contributed by atoms with Crippen molar-refractivity contribution in [3.8, 4) is 0 Å². The number of sulfonamides is 1. The maximum atomic E-state index is 12.9. The first-order valence-electron chi connectivity index (χ1n) is 7.85. The van der Waals surface area contributed by atoms with E-state index < -0.39 is 22.0 Å². The molecule has 24 heavy (non-hydrogen) atoms. The topological polar surface area (TPSA) is 92.8 Å². The molecule has 1 fully saturated rings. The molecule has 1 heterocycles. The Labute approximate surface area is 142 Å². The largest absolute Gasteiger partial charge is 0.466 e. The lowest BCUT2D eigenvalue weighted by molar-refractivity contribution is -0.144. The van der Waals surface area contributed by atoms with E-state index in [1.807, 2.05) is 6.92 Å². The fraction of sp³-hybridized carbons (Fsp3) is 0.500. The maximum absolute atomic E-state index is 12.9. The highest BCUT2D eigenvalue weighted by molar-refractivity contribution is 7.89. The summed E-state index contributed by atoms with van der Waals surface area (Å²) in [6.45, 7) is 4.09. The molecule has 7 nitrogen and oxygen atoms in total. The van der Waals surface area contributed by atoms with Crippen LogP contribution in [0, 0.1) is 6.92 Å². The molecule has 1 aromatic carbocycles. The van der Waals surface area contributed by atoms with Gasteiger partial charge in [-0.3, -0.25) is 9.59 Å². The highest BCUT2D eigenvalue weighted by Gasteiger charge is 2.36. The number of esters is 1. The molecule has 1 unspecified atom stereocenters. The van der Waals surface area contributed by atoms with Crippen LogP contribution < -0.4 is 5.32 Å². The minimum atomic E-state index is -3.80. The first kappa shape index (κ1) is 18.4. The number of benzene rings is 1. The maximum Gasteiger partial charge on any atom is 0.307 e. The molecule has 8 heteroatoms. The highest BCUT2D eigenvalue weighted by atomic mass is 32.2. The second kappa shape index (κ2) is 7.76. The first-order chi connectivity index (χ1) is 11.3. The molecular formula is C16H22N2O5S. The quantitative estimate of drug-likeness (QED) is 0.791. The van der Waals surface area contributed by atoms with Gasteiger partial charge in [0.15, 0.2) is 0 Å². The van der Waals surface area contributed by atoms with Crippen molar-refractivity contribution in [2.24, 2.45) is 0 Å². The fourth-order valence-corrected chi connectivity index (χ4v) is 4.25. The van der Waals surface area contributed by atoms with Gasteiger partial charge >= 0.3 is 5.97 Å². The summed E-state index contributed by atoms with van der Waals surface area (Å²) in [5.74, 6) is -0.785. The van der Waals surface area contributed by atoms with Crippen molar-refractivity contribution in [3.63, 3.8) is 0 Å². The molecular weight excluding hydrogens is 332 g/mol. The smallest absolute Gasteiger partial charge is 0.307 e. The van der Waals surface area contributed by atoms with Gasteiger partial charge in [-0.05, 0) is 26.0 Å². The number of aryl methyl sites for hydroxylation is 1. The van der Waals surface area contributed by atoms with Crippen LogP contribution in [0.2, 0.25) is 0 Å². The Hall–Kier alpha value is -1.93. The minimum absolute atomic E-state index is 0.0656. The van der Waals surface area contributed by atoms with E-state index in [0.717, 1.165) is 5.56 Å². The average Bonchev–Trinajstić information content (AvgIpc) is 2.69. The van der Waals surface area contributed by atoms with Gasteiger partial charge in [-0.25, -0.2) is 8.42 Å². The van der Waals surface area contributed by atoms with Crippen LogP contribution in [0.15, 0.2) is 29.2 Å². The Kier molecular flexibility index (Phi) is 5.95. The molecule has 0 spiro atoms. The number of rotatable bonds is 5. The van der Waals surface area contributed by atoms with Crippen molar-refractivity contribution in [1.82, 2.24) is 9.62 Å². The summed E-state index contributed by atoms with van der Waals surface area (Å²) in [7, 11) is -3.80. The third-order valence-corrected chi connectivity index (χ3v) is 5.78. The summed E-state index contributed by atoms with van der Waals surface area (Å²) >= 11 is 0. The second-order valence-electron chi connectivity index (χ2n) is 5.65. The van der Waals surface area contributed by atoms with Gasteiger partial charge in [-0.15, -0.1) is 0 Å². The average molecular weight is 354 g/mol. The fourth-order valence-electron chi connectivity index (χ4n) is 2.62. The zero-order chi connectivity index (χ0) is 17.7. The van der Waals surface area contributed by atoms with Crippen LogP contribution >= 0.6 is 0 Å². The van der Waals surface area contributed by atoms with Gasteiger partial charge in [0, 0.05) is 25.6 Å². The van der Waals surface area contributed by atoms with Gasteiger partial charge < -0.3 is 10.1 Å². The van der Waals surface area contributed by atoms with Gasteiger partial charge in [0.1, 0.15) is 0 Å². The van der Waals surface area contributed by atoms with Crippen molar-refractivity contribution >= 4 is 21.9 Å². The van der Waals surface area contributed by atoms with E-state index in [-0.39, 0.29) is 43.3 Å². The standard InChI is InChI=1S/C16H22N2O5S/c1-3-23-16(20)11-13-10-15(19)17-8-9-18(13)24(21,22)14-6-4-12(2)5-7-14/h4-7,13H,3,8-11H2,1-2H3,(H,17,19). The number of hydrogen-bond acceptors (Lipinski definition) is 5. The van der Waals surface area contributed by atoms with Crippen LogP contribution in [0.1, 0.15) is 25.3 Å². The Bertz CT molecular complexity index is 700. The zero-order valence-electron chi connectivity index (χ0n) is 13.8. The van der Waals surface area contributed by atoms with Crippen LogP contribution in [0.4, 0.5) is 0 Å². The van der Waals surface area contributed by atoms with Crippen LogP contribution in [0.25, 0.3) is 0 Å². The molecule has 1 N–H and O–H groups in total. The van der Waals surface area contributed by atoms with Gasteiger partial charge in [-0.1, -0.05) is 17.7 Å². The number of nitrogens with one attached hydrogen (secondary N) is 1. The van der Waals surface area contributed by atoms with E-state index in [0.29, 0.717) is 0 Å². The van der Waals surface area contributed by atoms with Crippen molar-refractivity contribution in [2.45, 2.75) is 37.6 Å². The molecule has 1 saturated heterocycles. The van der Waals surface area contributed by atoms with E-state index in [9.17, 15) is 18.0 Å². The molecule has 0 aliphatic carbocycles. The Balaban J connectivity index is 2.32. The van der Waals surface area contributed by atoms with Crippen LogP contribution in [-0.4, -0.2) is 50.3 Å². The van der Waals surface area contributed by atoms with Gasteiger partial charge in [0.05, 0.1) is 17.9 Å². The van der Waals surface area contributed by atoms with E-state index in [4.69, 9.17) is 4.74 Å². The van der Waals surface area contributed by atoms with E-state index in [1.165, 1.54) is 16.4 Å². The van der Waals surface area contributed by atoms with Gasteiger partial charge in [0.25, 0.3) is 0 Å². The van der Waals surface area contributed by atoms with Crippen LogP contribution in [0.5, 0.6) is 0 Å². The van der Waals surface area contributed by atoms with E-state index in [2.05, 4.69) is 5.32 Å². The summed E-state index contributed by atoms with van der Waals surface area (Å²) in [6.07, 6.45) is -0.212. The molecule has 1 amide bonds. The summed E-state index contributed by atoms with van der Waals surface area (Å²) in [6, 6.07) is 5.75. The monoisotopic (exact) mass is 354 g/mol. The number of nitrogens with zero attached hydrogens (tertiary/aromatic N) is 1. The number of ether oxygens (including phenoxy) is 1. The summed E-state index contributed by atoms with van der Waals surface area (Å²) in [5, 5.41) is 2.65. The molecule has 1 aromatic rings. The lowest BCUT2D eigenvalue weighted by Crippen LogP contribution is -2.42. The molecule has 0 bridgehead atoms. The van der Waals surface area contributed by atoms with Crippen molar-refractivity contribution in [2.75, 3.05) is 19.7 Å². The third-order valence-electron chi connectivity index (χ3n) is 3.82. The lowest BCUT2D eigenvalue weighted by atomic mass is 10.1. The second-order valence-corrected chi connectivity index (χ2v) is 7.54. The molecule has 0 radical (unpaired) electrons.